The Morgan fingerprint density at radius 1 is 0.895 bits per heavy atom. The van der Waals surface area contributed by atoms with Gasteiger partial charge in [0.2, 0.25) is 0 Å². The Morgan fingerprint density at radius 3 is 2.53 bits per heavy atom. The van der Waals surface area contributed by atoms with Crippen molar-refractivity contribution in [2.24, 2.45) is 4.99 Å². The Bertz CT molecular complexity index is 939. The second-order valence-corrected chi connectivity index (χ2v) is 4.39. The van der Waals surface area contributed by atoms with Crippen LogP contribution in [0.1, 0.15) is 5.56 Å². The lowest BCUT2D eigenvalue weighted by Crippen LogP contribution is -1.98. The van der Waals surface area contributed by atoms with Gasteiger partial charge in [-0.3, -0.25) is 13.9 Å². The fourth-order valence-corrected chi connectivity index (χ4v) is 2.50. The third kappa shape index (κ3) is 1.86. The quantitative estimate of drug-likeness (QED) is 0.568. The van der Waals surface area contributed by atoms with Crippen LogP contribution in [0.15, 0.2) is 41.4 Å². The molecule has 4 heteroatoms. The highest BCUT2D eigenvalue weighted by molar-refractivity contribution is 5.98. The molecule has 0 N–H and O–H groups in total. The van der Waals surface area contributed by atoms with Gasteiger partial charge in [-0.15, -0.1) is 0 Å². The van der Waals surface area contributed by atoms with Crippen molar-refractivity contribution in [3.63, 3.8) is 0 Å². The first-order chi connectivity index (χ1) is 9.35. The second-order valence-electron chi connectivity index (χ2n) is 4.22. The summed E-state index contributed by atoms with van der Waals surface area (Å²) < 4.78 is 16.8. The normalized spacial score (nSPS) is 12.0. The number of benzene rings is 2. The van der Waals surface area contributed by atoms with E-state index in [0.717, 1.165) is 5.69 Å². The molecule has 0 unspecified atom stereocenters. The molecule has 1 aliphatic heterocycles. The number of hydrogen-bond donors (Lipinski definition) is 0. The van der Waals surface area contributed by atoms with Gasteiger partial charge >= 0.3 is 9.29 Å². The maximum Gasteiger partial charge on any atom is 0.549 e. The molecule has 0 saturated heterocycles. The van der Waals surface area contributed by atoms with Crippen molar-refractivity contribution in [2.45, 2.75) is 0 Å². The van der Waals surface area contributed by atoms with E-state index in [1.165, 1.54) is 26.4 Å². The molecule has 2 aromatic carbocycles. The molecule has 3 nitrogen and oxygen atoms in total. The van der Waals surface area contributed by atoms with Crippen LogP contribution in [0, 0.1) is 10.4 Å². The lowest BCUT2D eigenvalue weighted by atomic mass is 10.1. The number of fused-ring (bicyclic) bond motifs is 4. The third-order valence-electron chi connectivity index (χ3n) is 3.26. The minimum Gasteiger partial charge on any atom is -0.274 e. The van der Waals surface area contributed by atoms with Crippen molar-refractivity contribution in [2.75, 3.05) is 0 Å². The van der Waals surface area contributed by atoms with Crippen LogP contribution in [-0.2, 0) is 8.92 Å². The van der Waals surface area contributed by atoms with Gasteiger partial charge in [-0.1, -0.05) is 36.4 Å². The van der Waals surface area contributed by atoms with E-state index in [1.54, 1.807) is 0 Å². The maximum atomic E-state index is 8.40. The van der Waals surface area contributed by atoms with Crippen LogP contribution in [0.3, 0.4) is 0 Å². The molecule has 0 amide bonds. The first-order valence-electron chi connectivity index (χ1n) is 5.83. The van der Waals surface area contributed by atoms with Crippen molar-refractivity contribution in [1.29, 1.82) is 0 Å². The molecule has 0 fully saturated rings. The van der Waals surface area contributed by atoms with E-state index in [2.05, 4.69) is 53.5 Å². The zero-order valence-corrected chi connectivity index (χ0v) is 11.0. The second kappa shape index (κ2) is 4.74. The Morgan fingerprint density at radius 2 is 1.68 bits per heavy atom. The first-order valence-corrected chi connectivity index (χ1v) is 6.64. The van der Waals surface area contributed by atoms with Gasteiger partial charge in [0.05, 0.1) is 5.69 Å². The molecule has 4 rings (SSSR count). The summed E-state index contributed by atoms with van der Waals surface area (Å²) in [6, 6.07) is 12.8. The minimum absolute atomic E-state index is 1.12. The summed E-state index contributed by atoms with van der Waals surface area (Å²) in [5.41, 5.74) is 2.39. The highest BCUT2D eigenvalue weighted by atomic mass is 28.2. The van der Waals surface area contributed by atoms with E-state index in [9.17, 15) is 0 Å². The molecule has 0 saturated carbocycles. The van der Waals surface area contributed by atoms with Gasteiger partial charge in [0.1, 0.15) is 0 Å². The molecule has 1 aliphatic carbocycles. The van der Waals surface area contributed by atoms with Gasteiger partial charge in [0.15, 0.2) is 0 Å². The largest absolute Gasteiger partial charge is 0.549 e. The summed E-state index contributed by atoms with van der Waals surface area (Å²) in [5.74, 6) is 0. The minimum atomic E-state index is -1.42. The first kappa shape index (κ1) is 11.7. The molecular formula is C15H9NO2Si. The van der Waals surface area contributed by atoms with E-state index < -0.39 is 9.29 Å². The van der Waals surface area contributed by atoms with Gasteiger partial charge in [-0.25, -0.2) is 0 Å². The fourth-order valence-electron chi connectivity index (χ4n) is 2.50. The smallest absolute Gasteiger partial charge is 0.274 e. The van der Waals surface area contributed by atoms with E-state index >= 15 is 0 Å². The van der Waals surface area contributed by atoms with E-state index in [0.29, 0.717) is 0 Å². The molecule has 1 heterocycles. The Labute approximate surface area is 110 Å². The van der Waals surface area contributed by atoms with Gasteiger partial charge < -0.3 is 0 Å². The average Bonchev–Trinajstić information content (AvgIpc) is 3.03. The van der Waals surface area contributed by atoms with Crippen LogP contribution in [0.2, 0.25) is 0 Å². The zero-order valence-electron chi connectivity index (χ0n) is 9.96. The van der Waals surface area contributed by atoms with Crippen LogP contribution < -0.4 is 10.4 Å². The van der Waals surface area contributed by atoms with E-state index in [1.807, 2.05) is 6.21 Å². The molecule has 2 aromatic rings. The third-order valence-corrected chi connectivity index (χ3v) is 3.26. The molecule has 2 aliphatic rings. The number of aliphatic imine (C=N–C) groups is 1. The standard InChI is InChI=1S/C15H9N.O2Si/c1-2-4-12-11(3-1)9-14-13(12)6-5-10-7-8-16-15(10)14;1-3-2/h1-9H;. The highest BCUT2D eigenvalue weighted by Crippen LogP contribution is 2.21. The van der Waals surface area contributed by atoms with Gasteiger partial charge in [0, 0.05) is 17.0 Å². The molecule has 0 bridgehead atoms. The number of hydrogen-bond acceptors (Lipinski definition) is 3. The SMILES string of the molecule is C1=Nc2c3c(ccc2=C1)=c1ccccc1=C3.O=[Si]=O. The predicted octanol–water partition coefficient (Wildman–Crippen LogP) is 0.994. The zero-order chi connectivity index (χ0) is 13.2. The van der Waals surface area contributed by atoms with Gasteiger partial charge in [-0.2, -0.15) is 0 Å². The summed E-state index contributed by atoms with van der Waals surface area (Å²) in [7, 11) is -1.42. The molecule has 90 valence electrons. The summed E-state index contributed by atoms with van der Waals surface area (Å²) in [6.45, 7) is 0. The van der Waals surface area contributed by atoms with Crippen molar-refractivity contribution < 1.29 is 8.92 Å². The Balaban J connectivity index is 0.000000339. The molecule has 19 heavy (non-hydrogen) atoms. The van der Waals surface area contributed by atoms with Crippen molar-refractivity contribution in [3.05, 3.63) is 62.8 Å². The van der Waals surface area contributed by atoms with Crippen LogP contribution in [0.25, 0.3) is 12.2 Å². The van der Waals surface area contributed by atoms with Crippen molar-refractivity contribution >= 4 is 33.3 Å². The van der Waals surface area contributed by atoms with Crippen LogP contribution in [0.5, 0.6) is 0 Å². The molecule has 0 atom stereocenters. The molecular weight excluding hydrogens is 254 g/mol. The van der Waals surface area contributed by atoms with Crippen LogP contribution in [-0.4, -0.2) is 15.5 Å². The summed E-state index contributed by atoms with van der Waals surface area (Å²) in [4.78, 5) is 4.44. The molecule has 0 radical (unpaired) electrons. The average molecular weight is 263 g/mol. The maximum absolute atomic E-state index is 8.40. The van der Waals surface area contributed by atoms with E-state index in [-0.39, 0.29) is 0 Å². The summed E-state index contributed by atoms with van der Waals surface area (Å²) in [6.07, 6.45) is 6.17. The summed E-state index contributed by atoms with van der Waals surface area (Å²) >= 11 is 0. The van der Waals surface area contributed by atoms with Crippen molar-refractivity contribution in [3.8, 4) is 0 Å². The molecule has 0 aromatic heterocycles. The van der Waals surface area contributed by atoms with Crippen LogP contribution >= 0.6 is 0 Å². The fraction of sp³-hybridized carbons (Fsp3) is 0. The van der Waals surface area contributed by atoms with Crippen LogP contribution in [0.4, 0.5) is 5.69 Å². The highest BCUT2D eigenvalue weighted by Gasteiger charge is 2.09. The Kier molecular flexibility index (Phi) is 2.93. The summed E-state index contributed by atoms with van der Waals surface area (Å²) in [5, 5.41) is 5.15. The van der Waals surface area contributed by atoms with Gasteiger partial charge in [-0.05, 0) is 27.8 Å². The molecule has 0 spiro atoms. The number of rotatable bonds is 0. The monoisotopic (exact) mass is 263 g/mol. The predicted molar refractivity (Wildman–Crippen MR) is 73.1 cm³/mol. The lowest BCUT2D eigenvalue weighted by Gasteiger charge is -1.96. The van der Waals surface area contributed by atoms with Crippen molar-refractivity contribution in [1.82, 2.24) is 0 Å². The number of nitrogens with zero attached hydrogens (tertiary/aromatic N) is 1. The van der Waals surface area contributed by atoms with Gasteiger partial charge in [0.25, 0.3) is 0 Å². The van der Waals surface area contributed by atoms with E-state index in [4.69, 9.17) is 8.92 Å². The lowest BCUT2D eigenvalue weighted by molar-refractivity contribution is 0.497. The Hall–Kier alpha value is -2.33. The topological polar surface area (TPSA) is 46.5 Å².